The summed E-state index contributed by atoms with van der Waals surface area (Å²) in [5, 5.41) is 8.28. The molecule has 0 atom stereocenters. The molecule has 0 aliphatic carbocycles. The van der Waals surface area contributed by atoms with Crippen LogP contribution >= 0.6 is 0 Å². The lowest BCUT2D eigenvalue weighted by molar-refractivity contribution is -0.702. The second kappa shape index (κ2) is 5.70. The maximum absolute atomic E-state index is 11.3. The Labute approximate surface area is 121 Å². The summed E-state index contributed by atoms with van der Waals surface area (Å²) in [6, 6.07) is 11.6. The van der Waals surface area contributed by atoms with E-state index in [0.29, 0.717) is 6.67 Å². The molecule has 0 amide bonds. The maximum Gasteiger partial charge on any atom is 0.310 e. The van der Waals surface area contributed by atoms with Crippen LogP contribution in [0, 0.1) is 0 Å². The van der Waals surface area contributed by atoms with E-state index in [4.69, 9.17) is 0 Å². The Kier molecular flexibility index (Phi) is 3.59. The standard InChI is InChI=1S/C15H15N4O2/c1-21-15(20)9-12-5-4-8-18(10-12)11-19-14-7-3-2-6-13(14)16-17-19/h2-8,10H,9,11H2,1H3/q+1. The molecule has 0 N–H and O–H groups in total. The lowest BCUT2D eigenvalue weighted by Gasteiger charge is -2.01. The summed E-state index contributed by atoms with van der Waals surface area (Å²) in [5.74, 6) is -0.251. The van der Waals surface area contributed by atoms with Gasteiger partial charge in [0.05, 0.1) is 19.0 Å². The first-order valence-electron chi connectivity index (χ1n) is 6.59. The number of rotatable bonds is 4. The Morgan fingerprint density at radius 2 is 2.14 bits per heavy atom. The molecular formula is C15H15N4O2+. The predicted octanol–water partition coefficient (Wildman–Crippen LogP) is 0.940. The van der Waals surface area contributed by atoms with Gasteiger partial charge in [-0.3, -0.25) is 4.79 Å². The van der Waals surface area contributed by atoms with Gasteiger partial charge >= 0.3 is 5.97 Å². The average molecular weight is 283 g/mol. The molecular weight excluding hydrogens is 268 g/mol. The first kappa shape index (κ1) is 13.2. The number of fused-ring (bicyclic) bond motifs is 1. The van der Waals surface area contributed by atoms with E-state index in [-0.39, 0.29) is 12.4 Å². The van der Waals surface area contributed by atoms with Crippen LogP contribution in [0.5, 0.6) is 0 Å². The quantitative estimate of drug-likeness (QED) is 0.528. The number of hydrogen-bond donors (Lipinski definition) is 0. The van der Waals surface area contributed by atoms with Crippen LogP contribution in [0.2, 0.25) is 0 Å². The van der Waals surface area contributed by atoms with E-state index in [1.165, 1.54) is 7.11 Å². The molecule has 6 heteroatoms. The summed E-state index contributed by atoms with van der Waals surface area (Å²) in [4.78, 5) is 11.3. The third kappa shape index (κ3) is 2.89. The number of pyridine rings is 1. The highest BCUT2D eigenvalue weighted by Crippen LogP contribution is 2.08. The Morgan fingerprint density at radius 3 is 3.00 bits per heavy atom. The van der Waals surface area contributed by atoms with Crippen molar-refractivity contribution in [2.24, 2.45) is 0 Å². The molecule has 0 saturated heterocycles. The molecule has 2 heterocycles. The van der Waals surface area contributed by atoms with Gasteiger partial charge in [-0.2, -0.15) is 9.25 Å². The molecule has 21 heavy (non-hydrogen) atoms. The van der Waals surface area contributed by atoms with Gasteiger partial charge in [0.2, 0.25) is 6.67 Å². The van der Waals surface area contributed by atoms with Crippen LogP contribution in [0.1, 0.15) is 5.56 Å². The van der Waals surface area contributed by atoms with E-state index >= 15 is 0 Å². The third-order valence-corrected chi connectivity index (χ3v) is 3.21. The second-order valence-electron chi connectivity index (χ2n) is 4.70. The molecule has 0 radical (unpaired) electrons. The minimum atomic E-state index is -0.251. The fourth-order valence-electron chi connectivity index (χ4n) is 2.18. The van der Waals surface area contributed by atoms with Crippen molar-refractivity contribution in [3.05, 3.63) is 54.4 Å². The van der Waals surface area contributed by atoms with Crippen molar-refractivity contribution < 1.29 is 14.1 Å². The first-order valence-corrected chi connectivity index (χ1v) is 6.59. The van der Waals surface area contributed by atoms with Gasteiger partial charge in [-0.25, -0.2) is 0 Å². The van der Waals surface area contributed by atoms with E-state index in [1.54, 1.807) is 0 Å². The molecule has 0 spiro atoms. The Balaban J connectivity index is 1.84. The number of esters is 1. The number of methoxy groups -OCH3 is 1. The number of carbonyl (C=O) groups is 1. The molecule has 0 fully saturated rings. The van der Waals surface area contributed by atoms with Crippen molar-refractivity contribution in [1.29, 1.82) is 0 Å². The summed E-state index contributed by atoms with van der Waals surface area (Å²) >= 11 is 0. The highest BCUT2D eigenvalue weighted by molar-refractivity contribution is 5.73. The zero-order valence-corrected chi connectivity index (χ0v) is 11.6. The van der Waals surface area contributed by atoms with Gasteiger partial charge in [0.25, 0.3) is 0 Å². The van der Waals surface area contributed by atoms with E-state index < -0.39 is 0 Å². The van der Waals surface area contributed by atoms with Gasteiger partial charge in [-0.15, -0.1) is 5.10 Å². The molecule has 0 aliphatic heterocycles. The van der Waals surface area contributed by atoms with Crippen molar-refractivity contribution in [3.63, 3.8) is 0 Å². The summed E-state index contributed by atoms with van der Waals surface area (Å²) in [7, 11) is 1.39. The second-order valence-corrected chi connectivity index (χ2v) is 4.70. The largest absolute Gasteiger partial charge is 0.469 e. The Morgan fingerprint density at radius 1 is 1.29 bits per heavy atom. The first-order chi connectivity index (χ1) is 10.3. The van der Waals surface area contributed by atoms with Crippen LogP contribution in [0.15, 0.2) is 48.8 Å². The molecule has 3 rings (SSSR count). The van der Waals surface area contributed by atoms with Gasteiger partial charge in [-0.05, 0) is 18.2 Å². The van der Waals surface area contributed by atoms with Crippen molar-refractivity contribution >= 4 is 17.0 Å². The fourth-order valence-corrected chi connectivity index (χ4v) is 2.18. The number of hydrogen-bond acceptors (Lipinski definition) is 4. The molecule has 1 aromatic carbocycles. The molecule has 3 aromatic rings. The van der Waals surface area contributed by atoms with Crippen LogP contribution in [-0.4, -0.2) is 28.1 Å². The van der Waals surface area contributed by atoms with E-state index in [0.717, 1.165) is 16.6 Å². The topological polar surface area (TPSA) is 60.9 Å². The van der Waals surface area contributed by atoms with Crippen LogP contribution in [0.3, 0.4) is 0 Å². The minimum Gasteiger partial charge on any atom is -0.469 e. The van der Waals surface area contributed by atoms with Crippen LogP contribution in [0.4, 0.5) is 0 Å². The maximum atomic E-state index is 11.3. The van der Waals surface area contributed by atoms with Crippen molar-refractivity contribution in [1.82, 2.24) is 15.0 Å². The minimum absolute atomic E-state index is 0.251. The Bertz CT molecular complexity index is 782. The van der Waals surface area contributed by atoms with Gasteiger partial charge in [-0.1, -0.05) is 17.3 Å². The van der Waals surface area contributed by atoms with E-state index in [2.05, 4.69) is 15.0 Å². The molecule has 0 bridgehead atoms. The number of ether oxygens (including phenoxy) is 1. The molecule has 6 nitrogen and oxygen atoms in total. The zero-order valence-electron chi connectivity index (χ0n) is 11.6. The molecule has 0 saturated carbocycles. The van der Waals surface area contributed by atoms with Crippen molar-refractivity contribution in [3.8, 4) is 0 Å². The summed E-state index contributed by atoms with van der Waals surface area (Å²) in [5.41, 5.74) is 2.74. The van der Waals surface area contributed by atoms with Gasteiger partial charge < -0.3 is 4.74 Å². The third-order valence-electron chi connectivity index (χ3n) is 3.21. The number of carbonyl (C=O) groups excluding carboxylic acids is 1. The molecule has 0 unspecified atom stereocenters. The highest BCUT2D eigenvalue weighted by atomic mass is 16.5. The highest BCUT2D eigenvalue weighted by Gasteiger charge is 2.10. The molecule has 106 valence electrons. The van der Waals surface area contributed by atoms with Gasteiger partial charge in [0.15, 0.2) is 12.4 Å². The van der Waals surface area contributed by atoms with Crippen LogP contribution in [0.25, 0.3) is 11.0 Å². The molecule has 0 aliphatic rings. The summed E-state index contributed by atoms with van der Waals surface area (Å²) in [6.45, 7) is 0.537. The van der Waals surface area contributed by atoms with Crippen LogP contribution < -0.4 is 4.57 Å². The lowest BCUT2D eigenvalue weighted by atomic mass is 10.2. The smallest absolute Gasteiger partial charge is 0.310 e. The summed E-state index contributed by atoms with van der Waals surface area (Å²) < 4.78 is 8.46. The van der Waals surface area contributed by atoms with Crippen molar-refractivity contribution in [2.45, 2.75) is 13.1 Å². The SMILES string of the molecule is COC(=O)Cc1ccc[n+](Cn2nnc3ccccc32)c1. The number of benzene rings is 1. The zero-order chi connectivity index (χ0) is 14.7. The van der Waals surface area contributed by atoms with Crippen molar-refractivity contribution in [2.75, 3.05) is 7.11 Å². The predicted molar refractivity (Wildman–Crippen MR) is 75.3 cm³/mol. The molecule has 2 aromatic heterocycles. The fraction of sp³-hybridized carbons (Fsp3) is 0.200. The van der Waals surface area contributed by atoms with E-state index in [9.17, 15) is 4.79 Å². The normalized spacial score (nSPS) is 10.7. The number of para-hydroxylation sites is 1. The van der Waals surface area contributed by atoms with Crippen LogP contribution in [-0.2, 0) is 22.6 Å². The van der Waals surface area contributed by atoms with Gasteiger partial charge in [0, 0.05) is 11.6 Å². The Hall–Kier alpha value is -2.76. The average Bonchev–Trinajstić information content (AvgIpc) is 2.91. The monoisotopic (exact) mass is 283 g/mol. The summed E-state index contributed by atoms with van der Waals surface area (Å²) in [6.07, 6.45) is 4.10. The van der Waals surface area contributed by atoms with Gasteiger partial charge in [0.1, 0.15) is 5.52 Å². The van der Waals surface area contributed by atoms with E-state index in [1.807, 2.05) is 58.0 Å². The number of aromatic nitrogens is 4. The number of nitrogens with zero attached hydrogens (tertiary/aromatic N) is 4. The lowest BCUT2D eigenvalue weighted by Crippen LogP contribution is -2.37.